The quantitative estimate of drug-likeness (QED) is 0.674. The third-order valence-corrected chi connectivity index (χ3v) is 6.63. The maximum absolute atomic E-state index is 11.6. The number of para-hydroxylation sites is 1. The lowest BCUT2D eigenvalue weighted by atomic mass is 9.89. The number of carbonyl (C=O) groups excluding carboxylic acids is 1. The Morgan fingerprint density at radius 1 is 1.13 bits per heavy atom. The van der Waals surface area contributed by atoms with E-state index in [9.17, 15) is 4.79 Å². The zero-order chi connectivity index (χ0) is 20.5. The van der Waals surface area contributed by atoms with Crippen LogP contribution in [0, 0.1) is 0 Å². The highest BCUT2D eigenvalue weighted by Gasteiger charge is 2.33. The van der Waals surface area contributed by atoms with Gasteiger partial charge in [0.05, 0.1) is 10.2 Å². The van der Waals surface area contributed by atoms with Crippen molar-refractivity contribution in [2.45, 2.75) is 31.9 Å². The van der Waals surface area contributed by atoms with Crippen LogP contribution in [0.2, 0.25) is 0 Å². The maximum atomic E-state index is 11.6. The Labute approximate surface area is 178 Å². The molecule has 1 aliphatic carbocycles. The fourth-order valence-corrected chi connectivity index (χ4v) is 4.84. The Morgan fingerprint density at radius 2 is 1.90 bits per heavy atom. The molecule has 0 unspecified atom stereocenters. The summed E-state index contributed by atoms with van der Waals surface area (Å²) in [5.74, 6) is 1.46. The van der Waals surface area contributed by atoms with Crippen molar-refractivity contribution in [1.82, 2.24) is 19.9 Å². The molecule has 3 heterocycles. The molecule has 2 aromatic heterocycles. The van der Waals surface area contributed by atoms with Crippen LogP contribution in [-0.4, -0.2) is 64.1 Å². The number of aromatic nitrogens is 3. The van der Waals surface area contributed by atoms with Crippen LogP contribution in [0.5, 0.6) is 5.88 Å². The van der Waals surface area contributed by atoms with Crippen molar-refractivity contribution in [1.29, 1.82) is 0 Å². The van der Waals surface area contributed by atoms with Gasteiger partial charge in [0, 0.05) is 64.4 Å². The van der Waals surface area contributed by atoms with Crippen LogP contribution >= 0.6 is 11.3 Å². The number of hydrogen-bond acceptors (Lipinski definition) is 8. The number of rotatable bonds is 5. The van der Waals surface area contributed by atoms with Crippen molar-refractivity contribution in [2.24, 2.45) is 0 Å². The zero-order valence-corrected chi connectivity index (χ0v) is 17.6. The highest BCUT2D eigenvalue weighted by Crippen LogP contribution is 2.33. The minimum Gasteiger partial charge on any atom is -0.472 e. The molecule has 1 aromatic carbocycles. The molecular weight excluding hydrogens is 400 g/mol. The maximum Gasteiger partial charge on any atom is 0.257 e. The second kappa shape index (κ2) is 8.06. The van der Waals surface area contributed by atoms with Gasteiger partial charge >= 0.3 is 0 Å². The van der Waals surface area contributed by atoms with E-state index in [1.165, 1.54) is 4.70 Å². The minimum atomic E-state index is 0.117. The fourth-order valence-electron chi connectivity index (χ4n) is 3.90. The molecule has 1 N–H and O–H groups in total. The molecule has 1 amide bonds. The molecule has 0 atom stereocenters. The Morgan fingerprint density at radius 3 is 2.67 bits per heavy atom. The number of thiazole rings is 1. The number of hydrogen-bond donors (Lipinski definition) is 1. The molecule has 0 bridgehead atoms. The average Bonchev–Trinajstić information content (AvgIpc) is 3.15. The first-order valence-corrected chi connectivity index (χ1v) is 11.1. The van der Waals surface area contributed by atoms with Gasteiger partial charge in [-0.1, -0.05) is 23.5 Å². The molecule has 156 valence electrons. The predicted molar refractivity (Wildman–Crippen MR) is 117 cm³/mol. The number of anilines is 2. The lowest BCUT2D eigenvalue weighted by Crippen LogP contribution is -2.48. The highest BCUT2D eigenvalue weighted by molar-refractivity contribution is 7.22. The van der Waals surface area contributed by atoms with Crippen LogP contribution in [0.15, 0.2) is 36.7 Å². The van der Waals surface area contributed by atoms with Gasteiger partial charge < -0.3 is 19.9 Å². The van der Waals surface area contributed by atoms with Gasteiger partial charge in [-0.3, -0.25) is 4.79 Å². The monoisotopic (exact) mass is 424 g/mol. The Balaban J connectivity index is 1.17. The molecule has 3 aromatic rings. The number of benzene rings is 1. The van der Waals surface area contributed by atoms with E-state index >= 15 is 0 Å². The van der Waals surface area contributed by atoms with Gasteiger partial charge in [-0.15, -0.1) is 0 Å². The Kier molecular flexibility index (Phi) is 5.12. The standard InChI is InChI=1S/C21H24N6O2S/c1-14(28)26-8-10-27(11-9-26)19-20(23-7-6-22-19)29-16-12-15(13-16)24-21-25-17-4-2-3-5-18(17)30-21/h2-7,15-16H,8-13H2,1H3,(H,24,25)/t15-,16+. The lowest BCUT2D eigenvalue weighted by Gasteiger charge is -2.37. The number of nitrogens with zero attached hydrogens (tertiary/aromatic N) is 5. The molecule has 2 fully saturated rings. The van der Waals surface area contributed by atoms with E-state index in [0.717, 1.165) is 42.4 Å². The van der Waals surface area contributed by atoms with Gasteiger partial charge in [0.25, 0.3) is 5.88 Å². The molecule has 30 heavy (non-hydrogen) atoms. The third-order valence-electron chi connectivity index (χ3n) is 5.67. The number of fused-ring (bicyclic) bond motifs is 1. The van der Waals surface area contributed by atoms with Crippen LogP contribution in [0.4, 0.5) is 10.9 Å². The van der Waals surface area contributed by atoms with Crippen molar-refractivity contribution in [3.05, 3.63) is 36.7 Å². The van der Waals surface area contributed by atoms with Crippen molar-refractivity contribution in [3.8, 4) is 5.88 Å². The number of piperazine rings is 1. The summed E-state index contributed by atoms with van der Waals surface area (Å²) in [5.41, 5.74) is 1.03. The Bertz CT molecular complexity index is 1010. The third kappa shape index (κ3) is 3.89. The molecule has 1 saturated heterocycles. The summed E-state index contributed by atoms with van der Waals surface area (Å²) in [6.45, 7) is 4.48. The largest absolute Gasteiger partial charge is 0.472 e. The average molecular weight is 425 g/mol. The van der Waals surface area contributed by atoms with E-state index in [-0.39, 0.29) is 12.0 Å². The molecule has 5 rings (SSSR count). The first-order chi connectivity index (χ1) is 14.7. The van der Waals surface area contributed by atoms with Gasteiger partial charge in [0.1, 0.15) is 6.10 Å². The molecule has 9 heteroatoms. The summed E-state index contributed by atoms with van der Waals surface area (Å²) in [5, 5.41) is 4.48. The summed E-state index contributed by atoms with van der Waals surface area (Å²) in [7, 11) is 0. The number of amides is 1. The SMILES string of the molecule is CC(=O)N1CCN(c2nccnc2O[C@H]2C[C@@H](Nc3nc4ccccc4s3)C2)CC1. The zero-order valence-electron chi connectivity index (χ0n) is 16.8. The molecular formula is C21H24N6O2S. The van der Waals surface area contributed by atoms with Gasteiger partial charge in [0.15, 0.2) is 10.9 Å². The first-order valence-electron chi connectivity index (χ1n) is 10.3. The van der Waals surface area contributed by atoms with Crippen LogP contribution in [0.3, 0.4) is 0 Å². The van der Waals surface area contributed by atoms with Crippen LogP contribution in [-0.2, 0) is 4.79 Å². The smallest absolute Gasteiger partial charge is 0.257 e. The summed E-state index contributed by atoms with van der Waals surface area (Å²) in [6.07, 6.45) is 5.29. The van der Waals surface area contributed by atoms with E-state index in [1.807, 2.05) is 23.1 Å². The van der Waals surface area contributed by atoms with Crippen LogP contribution in [0.25, 0.3) is 10.2 Å². The van der Waals surface area contributed by atoms with E-state index in [0.29, 0.717) is 25.0 Å². The molecule has 1 saturated carbocycles. The van der Waals surface area contributed by atoms with Crippen molar-refractivity contribution in [2.75, 3.05) is 36.4 Å². The first kappa shape index (κ1) is 19.0. The fraction of sp³-hybridized carbons (Fsp3) is 0.429. The number of carbonyl (C=O) groups is 1. The molecule has 1 aliphatic heterocycles. The second-order valence-electron chi connectivity index (χ2n) is 7.72. The molecule has 0 spiro atoms. The van der Waals surface area contributed by atoms with Gasteiger partial charge in [-0.05, 0) is 12.1 Å². The highest BCUT2D eigenvalue weighted by atomic mass is 32.1. The lowest BCUT2D eigenvalue weighted by molar-refractivity contribution is -0.129. The van der Waals surface area contributed by atoms with E-state index in [1.54, 1.807) is 30.7 Å². The van der Waals surface area contributed by atoms with Crippen molar-refractivity contribution >= 4 is 38.4 Å². The van der Waals surface area contributed by atoms with Crippen LogP contribution in [0.1, 0.15) is 19.8 Å². The number of ether oxygens (including phenoxy) is 1. The van der Waals surface area contributed by atoms with E-state index in [4.69, 9.17) is 4.74 Å². The van der Waals surface area contributed by atoms with Crippen molar-refractivity contribution in [3.63, 3.8) is 0 Å². The van der Waals surface area contributed by atoms with Crippen molar-refractivity contribution < 1.29 is 9.53 Å². The summed E-state index contributed by atoms with van der Waals surface area (Å²) < 4.78 is 7.38. The normalized spacial score (nSPS) is 21.4. The summed E-state index contributed by atoms with van der Waals surface area (Å²) in [4.78, 5) is 29.2. The second-order valence-corrected chi connectivity index (χ2v) is 8.75. The predicted octanol–water partition coefficient (Wildman–Crippen LogP) is 2.78. The molecule has 0 radical (unpaired) electrons. The minimum absolute atomic E-state index is 0.117. The van der Waals surface area contributed by atoms with E-state index < -0.39 is 0 Å². The van der Waals surface area contributed by atoms with E-state index in [2.05, 4.69) is 31.2 Å². The van der Waals surface area contributed by atoms with Crippen LogP contribution < -0.4 is 15.0 Å². The van der Waals surface area contributed by atoms with Gasteiger partial charge in [-0.2, -0.15) is 0 Å². The summed E-state index contributed by atoms with van der Waals surface area (Å²) in [6, 6.07) is 8.54. The topological polar surface area (TPSA) is 83.5 Å². The molecule has 8 nitrogen and oxygen atoms in total. The summed E-state index contributed by atoms with van der Waals surface area (Å²) >= 11 is 1.68. The van der Waals surface area contributed by atoms with Gasteiger partial charge in [0.2, 0.25) is 5.91 Å². The Hall–Kier alpha value is -2.94. The molecule has 2 aliphatic rings. The van der Waals surface area contributed by atoms with Gasteiger partial charge in [-0.25, -0.2) is 15.0 Å². The number of nitrogens with one attached hydrogen (secondary N) is 1.